The summed E-state index contributed by atoms with van der Waals surface area (Å²) >= 11 is 0. The number of rotatable bonds is 2. The fourth-order valence-corrected chi connectivity index (χ4v) is 2.98. The lowest BCUT2D eigenvalue weighted by Gasteiger charge is -2.10. The molecule has 0 amide bonds. The third-order valence-corrected chi connectivity index (χ3v) is 4.05. The average molecular weight is 248 g/mol. The molecule has 1 aliphatic rings. The molecule has 1 aromatic rings. The summed E-state index contributed by atoms with van der Waals surface area (Å²) in [4.78, 5) is -0.295. The van der Waals surface area contributed by atoms with E-state index in [1.165, 1.54) is 0 Å². The molecule has 0 spiro atoms. The quantitative estimate of drug-likeness (QED) is 0.807. The summed E-state index contributed by atoms with van der Waals surface area (Å²) < 4.78 is 48.5. The molecule has 3 nitrogen and oxygen atoms in total. The van der Waals surface area contributed by atoms with Gasteiger partial charge in [0.1, 0.15) is 5.82 Å². The maximum absolute atomic E-state index is 13.3. The fraction of sp³-hybridized carbons (Fsp3) is 0.400. The van der Waals surface area contributed by atoms with E-state index in [-0.39, 0.29) is 28.9 Å². The molecule has 1 aromatic carbocycles. The van der Waals surface area contributed by atoms with Crippen molar-refractivity contribution in [3.05, 3.63) is 29.1 Å². The summed E-state index contributed by atoms with van der Waals surface area (Å²) in [7, 11) is -4.07. The maximum Gasteiger partial charge on any atom is 0.207 e. The summed E-state index contributed by atoms with van der Waals surface area (Å²) in [6.45, 7) is 0. The van der Waals surface area contributed by atoms with E-state index in [0.29, 0.717) is 0 Å². The number of benzene rings is 1. The number of fused-ring (bicyclic) bond motifs is 1. The molecule has 0 radical (unpaired) electrons. The average Bonchev–Trinajstić information content (AvgIpc) is 2.62. The molecule has 88 valence electrons. The molecule has 0 heterocycles. The van der Waals surface area contributed by atoms with Gasteiger partial charge in [-0.05, 0) is 30.5 Å². The van der Waals surface area contributed by atoms with Gasteiger partial charge in [0.25, 0.3) is 0 Å². The van der Waals surface area contributed by atoms with Crippen molar-refractivity contribution in [1.29, 1.82) is 0 Å². The smallest absolute Gasteiger partial charge is 0.207 e. The zero-order valence-electron chi connectivity index (χ0n) is 8.28. The molecule has 6 heteroatoms. The van der Waals surface area contributed by atoms with Crippen LogP contribution in [0.1, 0.15) is 23.7 Å². The Morgan fingerprint density at radius 3 is 2.75 bits per heavy atom. The number of halogens is 2. The van der Waals surface area contributed by atoms with Crippen LogP contribution in [0.3, 0.4) is 0 Å². The standard InChI is InChI=1S/C10H10F2O3S/c11-5-16(14,15)9-4-2-7(12)6-1-3-8(13)10(6)9/h2,4,8,13H,1,3,5H2. The van der Waals surface area contributed by atoms with Gasteiger partial charge in [0.2, 0.25) is 9.84 Å². The Morgan fingerprint density at radius 2 is 2.12 bits per heavy atom. The number of hydrogen-bond donors (Lipinski definition) is 1. The summed E-state index contributed by atoms with van der Waals surface area (Å²) in [6.07, 6.45) is -0.481. The van der Waals surface area contributed by atoms with E-state index in [2.05, 4.69) is 0 Å². The van der Waals surface area contributed by atoms with Crippen molar-refractivity contribution in [2.24, 2.45) is 0 Å². The molecular formula is C10H10F2O3S. The van der Waals surface area contributed by atoms with Crippen LogP contribution >= 0.6 is 0 Å². The van der Waals surface area contributed by atoms with Crippen LogP contribution in [0.5, 0.6) is 0 Å². The zero-order valence-corrected chi connectivity index (χ0v) is 9.10. The summed E-state index contributed by atoms with van der Waals surface area (Å²) in [5.74, 6) is -0.552. The molecule has 0 aliphatic heterocycles. The van der Waals surface area contributed by atoms with Gasteiger partial charge < -0.3 is 5.11 Å². The number of alkyl halides is 1. The number of sulfone groups is 1. The zero-order chi connectivity index (χ0) is 11.9. The second kappa shape index (κ2) is 3.78. The van der Waals surface area contributed by atoms with Crippen LogP contribution in [0.15, 0.2) is 17.0 Å². The molecule has 0 bridgehead atoms. The lowest BCUT2D eigenvalue weighted by molar-refractivity contribution is 0.177. The van der Waals surface area contributed by atoms with E-state index in [0.717, 1.165) is 12.1 Å². The molecule has 0 saturated heterocycles. The van der Waals surface area contributed by atoms with Gasteiger partial charge in [-0.25, -0.2) is 17.2 Å². The summed E-state index contributed by atoms with van der Waals surface area (Å²) in [5.41, 5.74) is 0.208. The minimum absolute atomic E-state index is 0.0256. The molecule has 1 atom stereocenters. The molecule has 0 fully saturated rings. The predicted molar refractivity (Wildman–Crippen MR) is 52.8 cm³/mol. The molecular weight excluding hydrogens is 238 g/mol. The van der Waals surface area contributed by atoms with Gasteiger partial charge in [-0.15, -0.1) is 0 Å². The van der Waals surface area contributed by atoms with Gasteiger partial charge in [-0.2, -0.15) is 0 Å². The highest BCUT2D eigenvalue weighted by Gasteiger charge is 2.31. The van der Waals surface area contributed by atoms with Crippen molar-refractivity contribution in [3.63, 3.8) is 0 Å². The first-order chi connectivity index (χ1) is 7.47. The monoisotopic (exact) mass is 248 g/mol. The lowest BCUT2D eigenvalue weighted by atomic mass is 10.1. The molecule has 1 N–H and O–H groups in total. The minimum atomic E-state index is -4.07. The normalized spacial score (nSPS) is 19.8. The first kappa shape index (κ1) is 11.5. The summed E-state index contributed by atoms with van der Waals surface area (Å²) in [6, 6.07) is 0.467. The van der Waals surface area contributed by atoms with Crippen LogP contribution in [0.25, 0.3) is 0 Å². The third kappa shape index (κ3) is 1.62. The molecule has 1 aliphatic carbocycles. The van der Waals surface area contributed by atoms with Crippen LogP contribution in [0, 0.1) is 5.82 Å². The highest BCUT2D eigenvalue weighted by Crippen LogP contribution is 2.37. The van der Waals surface area contributed by atoms with Gasteiger partial charge in [0.05, 0.1) is 11.0 Å². The molecule has 1 unspecified atom stereocenters. The van der Waals surface area contributed by atoms with E-state index >= 15 is 0 Å². The van der Waals surface area contributed by atoms with E-state index < -0.39 is 27.8 Å². The first-order valence-corrected chi connectivity index (χ1v) is 6.40. The van der Waals surface area contributed by atoms with Crippen molar-refractivity contribution in [2.45, 2.75) is 23.8 Å². The maximum atomic E-state index is 13.3. The van der Waals surface area contributed by atoms with Gasteiger partial charge in [0, 0.05) is 5.56 Å². The fourth-order valence-electron chi connectivity index (χ4n) is 1.99. The van der Waals surface area contributed by atoms with Crippen molar-refractivity contribution >= 4 is 9.84 Å². The van der Waals surface area contributed by atoms with Crippen LogP contribution < -0.4 is 0 Å². The predicted octanol–water partition coefficient (Wildman–Crippen LogP) is 1.51. The van der Waals surface area contributed by atoms with Gasteiger partial charge >= 0.3 is 0 Å². The molecule has 0 aromatic heterocycles. The van der Waals surface area contributed by atoms with Gasteiger partial charge in [-0.3, -0.25) is 0 Å². The number of aliphatic hydroxyl groups is 1. The number of aliphatic hydroxyl groups excluding tert-OH is 1. The van der Waals surface area contributed by atoms with Crippen LogP contribution in [0.4, 0.5) is 8.78 Å². The SMILES string of the molecule is O=S(=O)(CF)c1ccc(F)c2c1C(O)CC2. The van der Waals surface area contributed by atoms with Gasteiger partial charge in [0.15, 0.2) is 6.01 Å². The van der Waals surface area contributed by atoms with Crippen LogP contribution in [-0.2, 0) is 16.3 Å². The Bertz CT molecular complexity index is 525. The second-order valence-electron chi connectivity index (χ2n) is 3.72. The summed E-state index contributed by atoms with van der Waals surface area (Å²) in [5, 5.41) is 9.59. The van der Waals surface area contributed by atoms with E-state index in [9.17, 15) is 22.3 Å². The van der Waals surface area contributed by atoms with Crippen LogP contribution in [0.2, 0.25) is 0 Å². The Kier molecular flexibility index (Phi) is 2.71. The lowest BCUT2D eigenvalue weighted by Crippen LogP contribution is -2.09. The number of hydrogen-bond acceptors (Lipinski definition) is 3. The molecule has 16 heavy (non-hydrogen) atoms. The molecule has 0 saturated carbocycles. The van der Waals surface area contributed by atoms with Crippen LogP contribution in [-0.4, -0.2) is 19.5 Å². The Labute approximate surface area is 91.6 Å². The highest BCUT2D eigenvalue weighted by molar-refractivity contribution is 7.91. The molecule has 2 rings (SSSR count). The van der Waals surface area contributed by atoms with E-state index in [1.807, 2.05) is 0 Å². The Hall–Kier alpha value is -1.01. The highest BCUT2D eigenvalue weighted by atomic mass is 32.2. The minimum Gasteiger partial charge on any atom is -0.388 e. The van der Waals surface area contributed by atoms with E-state index in [4.69, 9.17) is 0 Å². The second-order valence-corrected chi connectivity index (χ2v) is 5.60. The third-order valence-electron chi connectivity index (χ3n) is 2.74. The Morgan fingerprint density at radius 1 is 1.44 bits per heavy atom. The van der Waals surface area contributed by atoms with E-state index in [1.54, 1.807) is 0 Å². The first-order valence-electron chi connectivity index (χ1n) is 4.75. The largest absolute Gasteiger partial charge is 0.388 e. The Balaban J connectivity index is 2.71. The van der Waals surface area contributed by atoms with Crippen molar-refractivity contribution in [3.8, 4) is 0 Å². The van der Waals surface area contributed by atoms with Crippen molar-refractivity contribution in [1.82, 2.24) is 0 Å². The van der Waals surface area contributed by atoms with Crippen molar-refractivity contribution < 1.29 is 22.3 Å². The van der Waals surface area contributed by atoms with Gasteiger partial charge in [-0.1, -0.05) is 0 Å². The van der Waals surface area contributed by atoms with Crippen molar-refractivity contribution in [2.75, 3.05) is 6.01 Å². The topological polar surface area (TPSA) is 54.4 Å².